The summed E-state index contributed by atoms with van der Waals surface area (Å²) in [4.78, 5) is 11.5. The smallest absolute Gasteiger partial charge is 0.317 e. The maximum Gasteiger partial charge on any atom is 0.317 e. The summed E-state index contributed by atoms with van der Waals surface area (Å²) in [6.45, 7) is 8.82. The Kier molecular flexibility index (Phi) is 10.1. The van der Waals surface area contributed by atoms with Gasteiger partial charge in [0, 0.05) is 19.3 Å². The lowest BCUT2D eigenvalue weighted by Crippen LogP contribution is -2.39. The molecular formula is C12H24O4Si. The van der Waals surface area contributed by atoms with Crippen molar-refractivity contribution in [2.75, 3.05) is 13.2 Å². The third-order valence-electron chi connectivity index (χ3n) is 2.11. The van der Waals surface area contributed by atoms with Crippen molar-refractivity contribution < 1.29 is 18.7 Å². The van der Waals surface area contributed by atoms with Crippen molar-refractivity contribution in [3.05, 3.63) is 12.2 Å². The summed E-state index contributed by atoms with van der Waals surface area (Å²) in [7, 11) is -1.82. The van der Waals surface area contributed by atoms with Crippen LogP contribution in [0.25, 0.3) is 0 Å². The maximum absolute atomic E-state index is 11.5. The first-order valence-corrected chi connectivity index (χ1v) is 8.21. The fourth-order valence-corrected chi connectivity index (χ4v) is 3.71. The van der Waals surface area contributed by atoms with Crippen LogP contribution in [0.4, 0.5) is 0 Å². The number of ether oxygens (including phenoxy) is 2. The van der Waals surface area contributed by atoms with Gasteiger partial charge in [-0.1, -0.05) is 19.4 Å². The molecule has 0 heterocycles. The Morgan fingerprint density at radius 1 is 1.24 bits per heavy atom. The van der Waals surface area contributed by atoms with E-state index >= 15 is 0 Å². The molecule has 0 aromatic rings. The Morgan fingerprint density at radius 2 is 1.82 bits per heavy atom. The molecule has 0 saturated carbocycles. The van der Waals surface area contributed by atoms with Crippen LogP contribution in [0.15, 0.2) is 12.2 Å². The third kappa shape index (κ3) is 7.30. The van der Waals surface area contributed by atoms with Crippen LogP contribution in [-0.4, -0.2) is 34.1 Å². The van der Waals surface area contributed by atoms with Crippen molar-refractivity contribution in [3.63, 3.8) is 0 Å². The van der Waals surface area contributed by atoms with Gasteiger partial charge in [0.15, 0.2) is 5.91 Å². The first-order valence-electron chi connectivity index (χ1n) is 6.25. The molecule has 0 saturated heterocycles. The van der Waals surface area contributed by atoms with Crippen LogP contribution in [-0.2, 0) is 18.7 Å². The van der Waals surface area contributed by atoms with Crippen LogP contribution < -0.4 is 0 Å². The van der Waals surface area contributed by atoms with Crippen molar-refractivity contribution in [3.8, 4) is 0 Å². The molecule has 100 valence electrons. The zero-order chi connectivity index (χ0) is 13.1. The van der Waals surface area contributed by atoms with Crippen LogP contribution in [0.3, 0.4) is 0 Å². The predicted octanol–water partition coefficient (Wildman–Crippen LogP) is 2.18. The fourth-order valence-electron chi connectivity index (χ4n) is 1.45. The van der Waals surface area contributed by atoms with Gasteiger partial charge >= 0.3 is 5.97 Å². The van der Waals surface area contributed by atoms with E-state index in [1.807, 2.05) is 13.8 Å². The van der Waals surface area contributed by atoms with Gasteiger partial charge in [0.05, 0.1) is 0 Å². The zero-order valence-corrected chi connectivity index (χ0v) is 12.4. The largest absolute Gasteiger partial charge is 0.513 e. The van der Waals surface area contributed by atoms with Crippen LogP contribution in [0, 0.1) is 0 Å². The number of hydrogen-bond acceptors (Lipinski definition) is 4. The van der Waals surface area contributed by atoms with Gasteiger partial charge in [0.2, 0.25) is 0 Å². The summed E-state index contributed by atoms with van der Waals surface area (Å²) < 4.78 is 16.5. The minimum absolute atomic E-state index is 0.290. The van der Waals surface area contributed by atoms with E-state index < -0.39 is 9.04 Å². The molecule has 0 aromatic carbocycles. The van der Waals surface area contributed by atoms with E-state index in [1.54, 1.807) is 13.0 Å². The van der Waals surface area contributed by atoms with E-state index in [2.05, 4.69) is 6.92 Å². The normalized spacial score (nSPS) is 13.2. The average Bonchev–Trinajstić information content (AvgIpc) is 2.28. The van der Waals surface area contributed by atoms with E-state index in [0.717, 1.165) is 12.5 Å². The maximum atomic E-state index is 11.5. The van der Waals surface area contributed by atoms with Gasteiger partial charge in [-0.3, -0.25) is 0 Å². The van der Waals surface area contributed by atoms with E-state index in [1.165, 1.54) is 6.08 Å². The molecule has 1 atom stereocenters. The fraction of sp³-hybridized carbons (Fsp3) is 0.750. The minimum atomic E-state index is -1.82. The molecule has 0 bridgehead atoms. The van der Waals surface area contributed by atoms with Gasteiger partial charge in [-0.25, -0.2) is 4.79 Å². The van der Waals surface area contributed by atoms with Gasteiger partial charge in [0.1, 0.15) is 0 Å². The second-order valence-electron chi connectivity index (χ2n) is 3.54. The third-order valence-corrected chi connectivity index (χ3v) is 4.78. The van der Waals surface area contributed by atoms with Crippen molar-refractivity contribution in [1.29, 1.82) is 0 Å². The second kappa shape index (κ2) is 10.5. The quantitative estimate of drug-likeness (QED) is 0.362. The van der Waals surface area contributed by atoms with Gasteiger partial charge in [-0.05, 0) is 26.8 Å². The summed E-state index contributed by atoms with van der Waals surface area (Å²) in [5.41, 5.74) is 0. The lowest BCUT2D eigenvalue weighted by molar-refractivity contribution is -0.133. The monoisotopic (exact) mass is 260 g/mol. The highest BCUT2D eigenvalue weighted by Crippen LogP contribution is 2.10. The number of hydrogen-bond donors (Lipinski definition) is 0. The molecule has 0 amide bonds. The van der Waals surface area contributed by atoms with Crippen molar-refractivity contribution in [1.82, 2.24) is 0 Å². The first-order chi connectivity index (χ1) is 8.19. The standard InChI is InChI=1S/C12H24O4Si/c1-5-9-11(13)16-17(10-6-2)12(14-7-3)15-8-4/h5,9,12,17H,6-8,10H2,1-4H3. The van der Waals surface area contributed by atoms with E-state index in [0.29, 0.717) is 13.2 Å². The van der Waals surface area contributed by atoms with Crippen LogP contribution in [0.5, 0.6) is 0 Å². The molecule has 0 spiro atoms. The van der Waals surface area contributed by atoms with Gasteiger partial charge in [0.25, 0.3) is 9.04 Å². The summed E-state index contributed by atoms with van der Waals surface area (Å²) in [6, 6.07) is 0.869. The van der Waals surface area contributed by atoms with E-state index in [-0.39, 0.29) is 11.9 Å². The van der Waals surface area contributed by atoms with E-state index in [4.69, 9.17) is 13.9 Å². The van der Waals surface area contributed by atoms with Crippen molar-refractivity contribution in [2.24, 2.45) is 0 Å². The Hall–Kier alpha value is -0.653. The Balaban J connectivity index is 4.47. The highest BCUT2D eigenvalue weighted by atomic mass is 28.3. The number of allylic oxidation sites excluding steroid dienone is 1. The molecule has 0 aromatic heterocycles. The van der Waals surface area contributed by atoms with Crippen LogP contribution in [0.1, 0.15) is 34.1 Å². The highest BCUT2D eigenvalue weighted by Gasteiger charge is 2.27. The molecule has 0 radical (unpaired) electrons. The molecular weight excluding hydrogens is 236 g/mol. The molecule has 0 fully saturated rings. The zero-order valence-electron chi connectivity index (χ0n) is 11.3. The summed E-state index contributed by atoms with van der Waals surface area (Å²) >= 11 is 0. The molecule has 0 aliphatic rings. The Labute approximate surface area is 106 Å². The predicted molar refractivity (Wildman–Crippen MR) is 70.2 cm³/mol. The van der Waals surface area contributed by atoms with Crippen LogP contribution >= 0.6 is 0 Å². The number of rotatable bonds is 9. The van der Waals surface area contributed by atoms with Crippen molar-refractivity contribution >= 4 is 15.0 Å². The van der Waals surface area contributed by atoms with Crippen LogP contribution in [0.2, 0.25) is 6.04 Å². The molecule has 17 heavy (non-hydrogen) atoms. The summed E-state index contributed by atoms with van der Waals surface area (Å²) in [6.07, 6.45) is 4.08. The molecule has 0 N–H and O–H groups in total. The Bertz CT molecular complexity index is 225. The van der Waals surface area contributed by atoms with E-state index in [9.17, 15) is 4.79 Å². The molecule has 0 aliphatic heterocycles. The lowest BCUT2D eigenvalue weighted by Gasteiger charge is -2.24. The van der Waals surface area contributed by atoms with Gasteiger partial charge < -0.3 is 13.9 Å². The highest BCUT2D eigenvalue weighted by molar-refractivity contribution is 6.55. The van der Waals surface area contributed by atoms with Gasteiger partial charge in [-0.2, -0.15) is 0 Å². The molecule has 5 heteroatoms. The average molecular weight is 260 g/mol. The lowest BCUT2D eigenvalue weighted by atomic mass is 10.5. The minimum Gasteiger partial charge on any atom is -0.513 e. The number of carbonyl (C=O) groups is 1. The van der Waals surface area contributed by atoms with Crippen molar-refractivity contribution in [2.45, 2.75) is 46.1 Å². The SMILES string of the molecule is CC=CC(=O)O[SiH](CCC)C(OCC)OCC. The molecule has 4 nitrogen and oxygen atoms in total. The number of carbonyl (C=O) groups excluding carboxylic acids is 1. The molecule has 0 aliphatic carbocycles. The topological polar surface area (TPSA) is 44.8 Å². The van der Waals surface area contributed by atoms with Gasteiger partial charge in [-0.15, -0.1) is 0 Å². The molecule has 0 rings (SSSR count). The summed E-state index contributed by atoms with van der Waals surface area (Å²) in [5.74, 6) is -0.624. The summed E-state index contributed by atoms with van der Waals surface area (Å²) in [5, 5.41) is 0. The Morgan fingerprint density at radius 3 is 2.24 bits per heavy atom. The second-order valence-corrected chi connectivity index (χ2v) is 5.98. The first kappa shape index (κ1) is 16.3. The molecule has 1 unspecified atom stereocenters.